The average molecular weight is 291 g/mol. The van der Waals surface area contributed by atoms with Crippen LogP contribution in [0.2, 0.25) is 0 Å². The van der Waals surface area contributed by atoms with E-state index in [0.29, 0.717) is 0 Å². The Morgan fingerprint density at radius 3 is 2.75 bits per heavy atom. The van der Waals surface area contributed by atoms with E-state index in [1.807, 2.05) is 12.3 Å². The highest BCUT2D eigenvalue weighted by molar-refractivity contribution is 7.15. The summed E-state index contributed by atoms with van der Waals surface area (Å²) >= 11 is 1.54. The lowest BCUT2D eigenvalue weighted by Crippen LogP contribution is -2.38. The van der Waals surface area contributed by atoms with E-state index in [2.05, 4.69) is 23.7 Å². The van der Waals surface area contributed by atoms with Gasteiger partial charge in [-0.15, -0.1) is 11.3 Å². The van der Waals surface area contributed by atoms with E-state index in [9.17, 15) is 4.79 Å². The van der Waals surface area contributed by atoms with Crippen LogP contribution >= 0.6 is 11.3 Å². The molecular formula is C15H21N3OS. The second kappa shape index (κ2) is 5.30. The number of rotatable bonds is 2. The van der Waals surface area contributed by atoms with E-state index < -0.39 is 0 Å². The number of nitrogens with zero attached hydrogens (tertiary/aromatic N) is 3. The number of likely N-dealkylation sites (tertiary alicyclic amines) is 1. The van der Waals surface area contributed by atoms with Gasteiger partial charge in [-0.2, -0.15) is 0 Å². The monoisotopic (exact) mass is 291 g/mol. The maximum absolute atomic E-state index is 12.2. The van der Waals surface area contributed by atoms with E-state index in [-0.39, 0.29) is 5.56 Å². The molecule has 3 heterocycles. The highest BCUT2D eigenvalue weighted by Crippen LogP contribution is 2.22. The van der Waals surface area contributed by atoms with Crippen LogP contribution in [-0.2, 0) is 6.54 Å². The van der Waals surface area contributed by atoms with Crippen molar-refractivity contribution in [3.8, 4) is 0 Å². The molecule has 20 heavy (non-hydrogen) atoms. The molecular weight excluding hydrogens is 270 g/mol. The van der Waals surface area contributed by atoms with Gasteiger partial charge in [-0.05, 0) is 25.2 Å². The van der Waals surface area contributed by atoms with Crippen LogP contribution in [-0.4, -0.2) is 27.4 Å². The third-order valence-electron chi connectivity index (χ3n) is 3.96. The number of aryl methyl sites for hydroxylation is 1. The van der Waals surface area contributed by atoms with Gasteiger partial charge in [0.2, 0.25) is 0 Å². The number of piperidine rings is 1. The molecule has 2 atom stereocenters. The van der Waals surface area contributed by atoms with Crippen LogP contribution in [0.5, 0.6) is 0 Å². The molecule has 3 rings (SSSR count). The van der Waals surface area contributed by atoms with Gasteiger partial charge in [-0.25, -0.2) is 4.98 Å². The molecule has 2 aromatic rings. The molecule has 1 fully saturated rings. The summed E-state index contributed by atoms with van der Waals surface area (Å²) in [7, 11) is 0. The summed E-state index contributed by atoms with van der Waals surface area (Å²) in [5, 5.41) is 1.98. The fraction of sp³-hybridized carbons (Fsp3) is 0.600. The molecule has 0 radical (unpaired) electrons. The van der Waals surface area contributed by atoms with Crippen LogP contribution in [0.1, 0.15) is 31.7 Å². The summed E-state index contributed by atoms with van der Waals surface area (Å²) in [4.78, 5) is 20.0. The second-order valence-corrected chi connectivity index (χ2v) is 7.06. The Morgan fingerprint density at radius 1 is 1.35 bits per heavy atom. The van der Waals surface area contributed by atoms with Gasteiger partial charge in [0.25, 0.3) is 5.56 Å². The van der Waals surface area contributed by atoms with Gasteiger partial charge in [-0.3, -0.25) is 14.1 Å². The van der Waals surface area contributed by atoms with Crippen LogP contribution in [0.25, 0.3) is 4.96 Å². The summed E-state index contributed by atoms with van der Waals surface area (Å²) in [6, 6.07) is 1.69. The van der Waals surface area contributed by atoms with Crippen LogP contribution in [0.15, 0.2) is 16.2 Å². The largest absolute Gasteiger partial charge is 0.297 e. The lowest BCUT2D eigenvalue weighted by molar-refractivity contribution is 0.133. The molecule has 0 bridgehead atoms. The smallest absolute Gasteiger partial charge is 0.259 e. The average Bonchev–Trinajstić information content (AvgIpc) is 2.69. The van der Waals surface area contributed by atoms with Crippen molar-refractivity contribution in [2.75, 3.05) is 13.1 Å². The van der Waals surface area contributed by atoms with Gasteiger partial charge in [0, 0.05) is 36.8 Å². The Morgan fingerprint density at radius 2 is 2.05 bits per heavy atom. The van der Waals surface area contributed by atoms with E-state index in [1.54, 1.807) is 10.5 Å². The predicted octanol–water partition coefficient (Wildman–Crippen LogP) is 2.54. The minimum absolute atomic E-state index is 0.0434. The third kappa shape index (κ3) is 2.65. The summed E-state index contributed by atoms with van der Waals surface area (Å²) in [5.41, 5.74) is 1.91. The van der Waals surface area contributed by atoms with Gasteiger partial charge in [0.05, 0.1) is 5.69 Å². The normalized spacial score (nSPS) is 24.4. The fourth-order valence-electron chi connectivity index (χ4n) is 3.33. The fourth-order valence-corrected chi connectivity index (χ4v) is 4.22. The van der Waals surface area contributed by atoms with E-state index in [4.69, 9.17) is 0 Å². The topological polar surface area (TPSA) is 37.6 Å². The standard InChI is InChI=1S/C15H21N3OS/c1-10-4-11(2)7-17(6-10)8-13-5-14(19)18-12(3)9-20-15(18)16-13/h5,9-11H,4,6-8H2,1-3H3. The van der Waals surface area contributed by atoms with Crippen molar-refractivity contribution in [2.24, 2.45) is 11.8 Å². The first-order chi connectivity index (χ1) is 9.52. The van der Waals surface area contributed by atoms with Crippen molar-refractivity contribution in [1.29, 1.82) is 0 Å². The molecule has 1 aliphatic heterocycles. The molecule has 2 unspecified atom stereocenters. The van der Waals surface area contributed by atoms with Gasteiger partial charge in [-0.1, -0.05) is 13.8 Å². The quantitative estimate of drug-likeness (QED) is 0.853. The van der Waals surface area contributed by atoms with E-state index in [1.165, 1.54) is 17.8 Å². The summed E-state index contributed by atoms with van der Waals surface area (Å²) in [6.45, 7) is 9.55. The van der Waals surface area contributed by atoms with Crippen LogP contribution in [0.4, 0.5) is 0 Å². The molecule has 5 heteroatoms. The maximum Gasteiger partial charge on any atom is 0.259 e. The minimum atomic E-state index is 0.0434. The van der Waals surface area contributed by atoms with Crippen molar-refractivity contribution < 1.29 is 0 Å². The zero-order valence-corrected chi connectivity index (χ0v) is 13.1. The van der Waals surface area contributed by atoms with Crippen LogP contribution < -0.4 is 5.56 Å². The Balaban J connectivity index is 1.86. The predicted molar refractivity (Wildman–Crippen MR) is 82.3 cm³/mol. The Labute approximate surface area is 123 Å². The van der Waals surface area contributed by atoms with Crippen molar-refractivity contribution >= 4 is 16.3 Å². The van der Waals surface area contributed by atoms with Crippen molar-refractivity contribution in [3.63, 3.8) is 0 Å². The molecule has 0 spiro atoms. The third-order valence-corrected chi connectivity index (χ3v) is 4.90. The molecule has 0 aromatic carbocycles. The Hall–Kier alpha value is -1.20. The molecule has 1 saturated heterocycles. The lowest BCUT2D eigenvalue weighted by Gasteiger charge is -2.34. The van der Waals surface area contributed by atoms with Crippen LogP contribution in [0.3, 0.4) is 0 Å². The molecule has 108 valence electrons. The molecule has 0 N–H and O–H groups in total. The first-order valence-electron chi connectivity index (χ1n) is 7.22. The second-order valence-electron chi connectivity index (χ2n) is 6.22. The highest BCUT2D eigenvalue weighted by Gasteiger charge is 2.22. The molecule has 0 saturated carbocycles. The first-order valence-corrected chi connectivity index (χ1v) is 8.10. The summed E-state index contributed by atoms with van der Waals surface area (Å²) in [5.74, 6) is 1.46. The van der Waals surface area contributed by atoms with Gasteiger partial charge in [0.1, 0.15) is 0 Å². The molecule has 0 aliphatic carbocycles. The van der Waals surface area contributed by atoms with Gasteiger partial charge in [0.15, 0.2) is 4.96 Å². The van der Waals surface area contributed by atoms with Crippen molar-refractivity contribution in [1.82, 2.24) is 14.3 Å². The molecule has 2 aromatic heterocycles. The number of hydrogen-bond donors (Lipinski definition) is 0. The number of thiazole rings is 1. The maximum atomic E-state index is 12.2. The zero-order chi connectivity index (χ0) is 14.3. The summed E-state index contributed by atoms with van der Waals surface area (Å²) < 4.78 is 1.69. The SMILES string of the molecule is Cc1csc2nc(CN3CC(C)CC(C)C3)cc(=O)n12. The molecule has 1 aliphatic rings. The molecule has 0 amide bonds. The lowest BCUT2D eigenvalue weighted by atomic mass is 9.92. The zero-order valence-electron chi connectivity index (χ0n) is 12.3. The Bertz CT molecular complexity index is 665. The van der Waals surface area contributed by atoms with Crippen LogP contribution in [0, 0.1) is 18.8 Å². The van der Waals surface area contributed by atoms with E-state index in [0.717, 1.165) is 47.8 Å². The number of fused-ring (bicyclic) bond motifs is 1. The summed E-state index contributed by atoms with van der Waals surface area (Å²) in [6.07, 6.45) is 1.30. The van der Waals surface area contributed by atoms with E-state index >= 15 is 0 Å². The van der Waals surface area contributed by atoms with Crippen molar-refractivity contribution in [2.45, 2.75) is 33.7 Å². The molecule has 4 nitrogen and oxygen atoms in total. The van der Waals surface area contributed by atoms with Crippen molar-refractivity contribution in [3.05, 3.63) is 33.2 Å². The van der Waals surface area contributed by atoms with Gasteiger partial charge >= 0.3 is 0 Å². The Kier molecular flexibility index (Phi) is 3.65. The minimum Gasteiger partial charge on any atom is -0.297 e. The highest BCUT2D eigenvalue weighted by atomic mass is 32.1. The van der Waals surface area contributed by atoms with Gasteiger partial charge < -0.3 is 0 Å². The number of hydrogen-bond acceptors (Lipinski definition) is 4. The first kappa shape index (κ1) is 13.8. The number of aromatic nitrogens is 2.